The van der Waals surface area contributed by atoms with E-state index in [-0.39, 0.29) is 0 Å². The number of carbonyl (C=O) groups is 1. The molecule has 3 rings (SSSR count). The summed E-state index contributed by atoms with van der Waals surface area (Å²) >= 11 is 0. The third kappa shape index (κ3) is 3.89. The van der Waals surface area contributed by atoms with Gasteiger partial charge in [-0.05, 0) is 23.8 Å². The number of carboxylic acid groups (broad SMARTS) is 1. The molecule has 1 heterocycles. The number of aliphatic carboxylic acids is 1. The zero-order chi connectivity index (χ0) is 16.8. The van der Waals surface area contributed by atoms with E-state index in [4.69, 9.17) is 9.84 Å². The Bertz CT molecular complexity index is 840. The molecule has 2 aromatic carbocycles. The van der Waals surface area contributed by atoms with E-state index < -0.39 is 5.97 Å². The van der Waals surface area contributed by atoms with Crippen LogP contribution in [0.1, 0.15) is 11.1 Å². The highest BCUT2D eigenvalue weighted by atomic mass is 16.5. The minimum Gasteiger partial charge on any atom is -0.478 e. The zero-order valence-electron chi connectivity index (χ0n) is 12.9. The summed E-state index contributed by atoms with van der Waals surface area (Å²) in [7, 11) is 0. The molecule has 0 unspecified atom stereocenters. The second kappa shape index (κ2) is 7.28. The summed E-state index contributed by atoms with van der Waals surface area (Å²) in [6, 6.07) is 19.3. The normalized spacial score (nSPS) is 10.8. The van der Waals surface area contributed by atoms with Gasteiger partial charge in [-0.1, -0.05) is 48.5 Å². The lowest BCUT2D eigenvalue weighted by Gasteiger charge is -2.04. The maximum atomic E-state index is 10.8. The topological polar surface area (TPSA) is 64.3 Å². The smallest absolute Gasteiger partial charge is 0.328 e. The van der Waals surface area contributed by atoms with Gasteiger partial charge in [-0.25, -0.2) is 9.48 Å². The van der Waals surface area contributed by atoms with Crippen LogP contribution in [0.25, 0.3) is 11.8 Å². The van der Waals surface area contributed by atoms with E-state index in [0.29, 0.717) is 18.1 Å². The predicted molar refractivity (Wildman–Crippen MR) is 91.0 cm³/mol. The predicted octanol–water partition coefficient (Wildman–Crippen LogP) is 3.55. The van der Waals surface area contributed by atoms with Gasteiger partial charge in [0, 0.05) is 12.3 Å². The van der Waals surface area contributed by atoms with Gasteiger partial charge in [-0.3, -0.25) is 0 Å². The standard InChI is InChI=1S/C19H16N2O3/c22-18(23)12-11-16-13-21(17-9-5-2-6-10-17)20-19(16)24-14-15-7-3-1-4-8-15/h1-13H,14H2,(H,22,23). The fourth-order valence-corrected chi connectivity index (χ4v) is 2.20. The molecule has 0 fully saturated rings. The zero-order valence-corrected chi connectivity index (χ0v) is 12.9. The SMILES string of the molecule is O=C(O)C=Cc1cn(-c2ccccc2)nc1OCc1ccccc1. The first kappa shape index (κ1) is 15.6. The van der Waals surface area contributed by atoms with E-state index in [1.165, 1.54) is 6.08 Å². The van der Waals surface area contributed by atoms with Crippen LogP contribution in [0.3, 0.4) is 0 Å². The third-order valence-electron chi connectivity index (χ3n) is 3.35. The fraction of sp³-hybridized carbons (Fsp3) is 0.0526. The molecule has 0 amide bonds. The molecule has 0 radical (unpaired) electrons. The molecule has 1 aromatic heterocycles. The number of benzene rings is 2. The highest BCUT2D eigenvalue weighted by Gasteiger charge is 2.10. The van der Waals surface area contributed by atoms with Crippen molar-refractivity contribution in [1.82, 2.24) is 9.78 Å². The van der Waals surface area contributed by atoms with Gasteiger partial charge < -0.3 is 9.84 Å². The van der Waals surface area contributed by atoms with Crippen LogP contribution in [-0.4, -0.2) is 20.9 Å². The minimum atomic E-state index is -1.02. The van der Waals surface area contributed by atoms with Crippen LogP contribution in [0.4, 0.5) is 0 Å². The summed E-state index contributed by atoms with van der Waals surface area (Å²) in [4.78, 5) is 10.8. The second-order valence-electron chi connectivity index (χ2n) is 5.12. The summed E-state index contributed by atoms with van der Waals surface area (Å²) in [5.41, 5.74) is 2.49. The van der Waals surface area contributed by atoms with E-state index >= 15 is 0 Å². The van der Waals surface area contributed by atoms with Crippen molar-refractivity contribution in [3.63, 3.8) is 0 Å². The van der Waals surface area contributed by atoms with Crippen molar-refractivity contribution in [2.75, 3.05) is 0 Å². The summed E-state index contributed by atoms with van der Waals surface area (Å²) in [5, 5.41) is 13.3. The fourth-order valence-electron chi connectivity index (χ4n) is 2.20. The molecule has 5 nitrogen and oxygen atoms in total. The molecule has 5 heteroatoms. The first-order valence-corrected chi connectivity index (χ1v) is 7.45. The van der Waals surface area contributed by atoms with Crippen LogP contribution in [0.5, 0.6) is 5.88 Å². The van der Waals surface area contributed by atoms with Crippen molar-refractivity contribution >= 4 is 12.0 Å². The average molecular weight is 320 g/mol. The number of carboxylic acids is 1. The Morgan fingerprint density at radius 2 is 1.75 bits per heavy atom. The van der Waals surface area contributed by atoms with Crippen LogP contribution in [0.2, 0.25) is 0 Å². The molecule has 0 spiro atoms. The van der Waals surface area contributed by atoms with Gasteiger partial charge in [0.05, 0.1) is 11.3 Å². The largest absolute Gasteiger partial charge is 0.478 e. The van der Waals surface area contributed by atoms with Crippen molar-refractivity contribution in [3.05, 3.63) is 84.1 Å². The van der Waals surface area contributed by atoms with Gasteiger partial charge in [0.15, 0.2) is 0 Å². The molecule has 0 aliphatic rings. The number of ether oxygens (including phenoxy) is 1. The summed E-state index contributed by atoms with van der Waals surface area (Å²) < 4.78 is 7.45. The molecule has 1 N–H and O–H groups in total. The van der Waals surface area contributed by atoms with E-state index in [1.54, 1.807) is 10.9 Å². The summed E-state index contributed by atoms with van der Waals surface area (Å²) in [6.07, 6.45) is 4.30. The first-order valence-electron chi connectivity index (χ1n) is 7.45. The summed E-state index contributed by atoms with van der Waals surface area (Å²) in [5.74, 6) is -0.628. The molecule has 0 saturated carbocycles. The summed E-state index contributed by atoms with van der Waals surface area (Å²) in [6.45, 7) is 0.362. The van der Waals surface area contributed by atoms with E-state index in [1.807, 2.05) is 60.7 Å². The maximum absolute atomic E-state index is 10.8. The van der Waals surface area contributed by atoms with Gasteiger partial charge in [-0.2, -0.15) is 0 Å². The van der Waals surface area contributed by atoms with Crippen molar-refractivity contribution in [2.24, 2.45) is 0 Å². The van der Waals surface area contributed by atoms with Crippen molar-refractivity contribution in [2.45, 2.75) is 6.61 Å². The average Bonchev–Trinajstić information content (AvgIpc) is 3.03. The van der Waals surface area contributed by atoms with Crippen LogP contribution in [0, 0.1) is 0 Å². The van der Waals surface area contributed by atoms with Crippen LogP contribution in [-0.2, 0) is 11.4 Å². The number of nitrogens with zero attached hydrogens (tertiary/aromatic N) is 2. The second-order valence-corrected chi connectivity index (χ2v) is 5.12. The Balaban J connectivity index is 1.87. The van der Waals surface area contributed by atoms with Gasteiger partial charge in [0.25, 0.3) is 0 Å². The molecule has 0 atom stereocenters. The molecule has 0 bridgehead atoms. The number of aromatic nitrogens is 2. The van der Waals surface area contributed by atoms with Gasteiger partial charge in [-0.15, -0.1) is 5.10 Å². The van der Waals surface area contributed by atoms with Crippen LogP contribution >= 0.6 is 0 Å². The van der Waals surface area contributed by atoms with Crippen molar-refractivity contribution in [1.29, 1.82) is 0 Å². The molecular weight excluding hydrogens is 304 g/mol. The number of rotatable bonds is 6. The molecule has 0 aliphatic heterocycles. The van der Waals surface area contributed by atoms with Crippen LogP contribution in [0.15, 0.2) is 72.9 Å². The highest BCUT2D eigenvalue weighted by molar-refractivity contribution is 5.85. The first-order chi connectivity index (χ1) is 11.7. The van der Waals surface area contributed by atoms with E-state index in [2.05, 4.69) is 5.10 Å². The lowest BCUT2D eigenvalue weighted by atomic mass is 10.2. The van der Waals surface area contributed by atoms with E-state index in [9.17, 15) is 4.79 Å². The van der Waals surface area contributed by atoms with Crippen molar-refractivity contribution in [3.8, 4) is 11.6 Å². The quantitative estimate of drug-likeness (QED) is 0.706. The Hall–Kier alpha value is -3.34. The molecule has 3 aromatic rings. The lowest BCUT2D eigenvalue weighted by Crippen LogP contribution is -1.98. The number of para-hydroxylation sites is 1. The monoisotopic (exact) mass is 320 g/mol. The molecule has 0 aliphatic carbocycles. The Labute approximate surface area is 139 Å². The Morgan fingerprint density at radius 1 is 1.08 bits per heavy atom. The van der Waals surface area contributed by atoms with Gasteiger partial charge in [0.1, 0.15) is 6.61 Å². The molecule has 120 valence electrons. The minimum absolute atomic E-state index is 0.362. The van der Waals surface area contributed by atoms with Gasteiger partial charge >= 0.3 is 5.97 Å². The highest BCUT2D eigenvalue weighted by Crippen LogP contribution is 2.21. The molecular formula is C19H16N2O3. The van der Waals surface area contributed by atoms with Crippen molar-refractivity contribution < 1.29 is 14.6 Å². The van der Waals surface area contributed by atoms with E-state index in [0.717, 1.165) is 17.3 Å². The third-order valence-corrected chi connectivity index (χ3v) is 3.35. The lowest BCUT2D eigenvalue weighted by molar-refractivity contribution is -0.131. The van der Waals surface area contributed by atoms with Crippen LogP contribution < -0.4 is 4.74 Å². The van der Waals surface area contributed by atoms with Gasteiger partial charge in [0.2, 0.25) is 5.88 Å². The Morgan fingerprint density at radius 3 is 2.42 bits per heavy atom. The number of hydrogen-bond donors (Lipinski definition) is 1. The maximum Gasteiger partial charge on any atom is 0.328 e. The molecule has 0 saturated heterocycles. The number of hydrogen-bond acceptors (Lipinski definition) is 3. The molecule has 24 heavy (non-hydrogen) atoms. The Kier molecular flexibility index (Phi) is 4.72.